The van der Waals surface area contributed by atoms with E-state index < -0.39 is 0 Å². The van der Waals surface area contributed by atoms with Gasteiger partial charge in [-0.3, -0.25) is 4.79 Å². The van der Waals surface area contributed by atoms with Crippen LogP contribution in [0.5, 0.6) is 0 Å². The zero-order chi connectivity index (χ0) is 11.8. The summed E-state index contributed by atoms with van der Waals surface area (Å²) < 4.78 is 0. The zero-order valence-electron chi connectivity index (χ0n) is 11.4. The molecule has 0 heterocycles. The summed E-state index contributed by atoms with van der Waals surface area (Å²) in [6, 6.07) is 0.760. The molecule has 0 spiro atoms. The van der Waals surface area contributed by atoms with E-state index in [1.807, 2.05) is 0 Å². The largest absolute Gasteiger partial charge is 0.303 e. The van der Waals surface area contributed by atoms with Crippen LogP contribution in [0.15, 0.2) is 0 Å². The first-order valence-corrected chi connectivity index (χ1v) is 7.49. The van der Waals surface area contributed by atoms with Crippen molar-refractivity contribution < 1.29 is 4.79 Å². The van der Waals surface area contributed by atoms with Gasteiger partial charge in [-0.2, -0.15) is 0 Å². The molecule has 0 aromatic heterocycles. The van der Waals surface area contributed by atoms with E-state index in [2.05, 4.69) is 11.9 Å². The second-order valence-electron chi connectivity index (χ2n) is 6.51. The van der Waals surface area contributed by atoms with Gasteiger partial charge in [0.25, 0.3) is 0 Å². The van der Waals surface area contributed by atoms with Crippen molar-refractivity contribution in [2.75, 3.05) is 13.6 Å². The number of hydrogen-bond donors (Lipinski definition) is 0. The van der Waals surface area contributed by atoms with Gasteiger partial charge < -0.3 is 4.90 Å². The Morgan fingerprint density at radius 1 is 1.11 bits per heavy atom. The second kappa shape index (κ2) is 5.92. The number of nitrogens with zero attached hydrogens (tertiary/aromatic N) is 1. The van der Waals surface area contributed by atoms with Crippen LogP contribution in [0.2, 0.25) is 0 Å². The predicted octanol–water partition coefficient (Wildman–Crippen LogP) is 3.29. The van der Waals surface area contributed by atoms with Gasteiger partial charge in [0.1, 0.15) is 5.78 Å². The van der Waals surface area contributed by atoms with E-state index in [1.54, 1.807) is 0 Å². The minimum Gasteiger partial charge on any atom is -0.303 e. The Hall–Kier alpha value is -0.0800. The maximum Gasteiger partial charge on any atom is 0.140 e. The number of fused-ring (bicyclic) bond motifs is 2. The van der Waals surface area contributed by atoms with Crippen molar-refractivity contribution >= 4 is 18.2 Å². The van der Waals surface area contributed by atoms with Crippen LogP contribution in [0.3, 0.4) is 0 Å². The summed E-state index contributed by atoms with van der Waals surface area (Å²) in [6.45, 7) is 1.05. The van der Waals surface area contributed by atoms with Crippen LogP contribution in [0.4, 0.5) is 0 Å². The van der Waals surface area contributed by atoms with Crippen molar-refractivity contribution in [1.82, 2.24) is 4.90 Å². The van der Waals surface area contributed by atoms with Gasteiger partial charge in [0.2, 0.25) is 0 Å². The lowest BCUT2D eigenvalue weighted by Gasteiger charge is -2.34. The smallest absolute Gasteiger partial charge is 0.140 e. The highest BCUT2D eigenvalue weighted by Gasteiger charge is 2.46. The molecule has 3 fully saturated rings. The Kier molecular flexibility index (Phi) is 4.71. The fourth-order valence-electron chi connectivity index (χ4n) is 4.40. The van der Waals surface area contributed by atoms with Crippen LogP contribution in [0.1, 0.15) is 51.4 Å². The minimum atomic E-state index is 0. The van der Waals surface area contributed by atoms with Crippen LogP contribution < -0.4 is 0 Å². The highest BCUT2D eigenvalue weighted by Crippen LogP contribution is 2.46. The van der Waals surface area contributed by atoms with Crippen molar-refractivity contribution in [1.29, 1.82) is 0 Å². The van der Waals surface area contributed by atoms with E-state index in [-0.39, 0.29) is 12.4 Å². The summed E-state index contributed by atoms with van der Waals surface area (Å²) in [5, 5.41) is 0. The van der Waals surface area contributed by atoms with Crippen molar-refractivity contribution in [3.05, 3.63) is 0 Å². The normalized spacial score (nSPS) is 36.1. The van der Waals surface area contributed by atoms with E-state index in [4.69, 9.17) is 0 Å². The Morgan fingerprint density at radius 3 is 2.44 bits per heavy atom. The molecule has 0 aromatic carbocycles. The van der Waals surface area contributed by atoms with Gasteiger partial charge in [0, 0.05) is 24.4 Å². The van der Waals surface area contributed by atoms with E-state index in [0.717, 1.165) is 18.5 Å². The van der Waals surface area contributed by atoms with Crippen molar-refractivity contribution in [2.45, 2.75) is 57.4 Å². The molecule has 0 saturated heterocycles. The van der Waals surface area contributed by atoms with E-state index in [0.29, 0.717) is 17.6 Å². The average Bonchev–Trinajstić information content (AvgIpc) is 2.94. The van der Waals surface area contributed by atoms with Gasteiger partial charge in [0.15, 0.2) is 0 Å². The SMILES string of the molecule is CN(CC1C(=O)C2CCC1C2)C1CCCCC1.Cl. The maximum atomic E-state index is 12.2. The Labute approximate surface area is 117 Å². The van der Waals surface area contributed by atoms with Crippen LogP contribution in [-0.2, 0) is 4.79 Å². The average molecular weight is 272 g/mol. The molecule has 3 heteroatoms. The molecule has 104 valence electrons. The molecule has 2 bridgehead atoms. The molecule has 2 nitrogen and oxygen atoms in total. The highest BCUT2D eigenvalue weighted by atomic mass is 35.5. The summed E-state index contributed by atoms with van der Waals surface area (Å²) in [6.07, 6.45) is 10.6. The molecule has 3 unspecified atom stereocenters. The van der Waals surface area contributed by atoms with E-state index in [9.17, 15) is 4.79 Å². The predicted molar refractivity (Wildman–Crippen MR) is 76.1 cm³/mol. The molecule has 3 saturated carbocycles. The first-order chi connectivity index (χ1) is 8.25. The van der Waals surface area contributed by atoms with Gasteiger partial charge >= 0.3 is 0 Å². The number of Topliss-reactive ketones (excluding diaryl/α,β-unsaturated/α-hetero) is 1. The van der Waals surface area contributed by atoms with Crippen LogP contribution >= 0.6 is 12.4 Å². The molecule has 0 N–H and O–H groups in total. The molecule has 0 amide bonds. The quantitative estimate of drug-likeness (QED) is 0.785. The number of halogens is 1. The fourth-order valence-corrected chi connectivity index (χ4v) is 4.40. The Morgan fingerprint density at radius 2 is 1.83 bits per heavy atom. The first kappa shape index (κ1) is 14.3. The highest BCUT2D eigenvalue weighted by molar-refractivity contribution is 5.87. The number of ketones is 1. The van der Waals surface area contributed by atoms with Gasteiger partial charge in [-0.25, -0.2) is 0 Å². The summed E-state index contributed by atoms with van der Waals surface area (Å²) in [5.41, 5.74) is 0. The summed E-state index contributed by atoms with van der Waals surface area (Å²) in [7, 11) is 2.25. The van der Waals surface area contributed by atoms with Crippen molar-refractivity contribution in [3.8, 4) is 0 Å². The van der Waals surface area contributed by atoms with Gasteiger partial charge in [-0.15, -0.1) is 12.4 Å². The zero-order valence-corrected chi connectivity index (χ0v) is 12.3. The molecule has 3 aliphatic carbocycles. The number of carbonyl (C=O) groups is 1. The molecular weight excluding hydrogens is 246 g/mol. The molecule has 0 aromatic rings. The lowest BCUT2D eigenvalue weighted by Crippen LogP contribution is -2.40. The summed E-state index contributed by atoms with van der Waals surface area (Å²) in [4.78, 5) is 14.7. The minimum absolute atomic E-state index is 0. The molecule has 0 radical (unpaired) electrons. The molecule has 3 atom stereocenters. The summed E-state index contributed by atoms with van der Waals surface area (Å²) in [5.74, 6) is 2.17. The molecule has 3 rings (SSSR count). The Balaban J connectivity index is 0.00000120. The third-order valence-electron chi connectivity index (χ3n) is 5.49. The van der Waals surface area contributed by atoms with Gasteiger partial charge in [-0.05, 0) is 45.1 Å². The first-order valence-electron chi connectivity index (χ1n) is 7.49. The van der Waals surface area contributed by atoms with Crippen molar-refractivity contribution in [3.63, 3.8) is 0 Å². The van der Waals surface area contributed by atoms with Crippen molar-refractivity contribution in [2.24, 2.45) is 17.8 Å². The lowest BCUT2D eigenvalue weighted by molar-refractivity contribution is -0.126. The Bertz CT molecular complexity index is 301. The number of hydrogen-bond acceptors (Lipinski definition) is 2. The van der Waals surface area contributed by atoms with Gasteiger partial charge in [-0.1, -0.05) is 19.3 Å². The van der Waals surface area contributed by atoms with E-state index >= 15 is 0 Å². The molecule has 0 aliphatic heterocycles. The molecule has 3 aliphatic rings. The second-order valence-corrected chi connectivity index (χ2v) is 6.51. The number of carbonyl (C=O) groups excluding carboxylic acids is 1. The molecular formula is C15H26ClNO. The molecule has 18 heavy (non-hydrogen) atoms. The standard InChI is InChI=1S/C15H25NO.ClH/c1-16(13-5-3-2-4-6-13)10-14-11-7-8-12(9-11)15(14)17;/h11-14H,2-10H2,1H3;1H. The summed E-state index contributed by atoms with van der Waals surface area (Å²) >= 11 is 0. The van der Waals surface area contributed by atoms with E-state index in [1.165, 1.54) is 51.4 Å². The third-order valence-corrected chi connectivity index (χ3v) is 5.49. The topological polar surface area (TPSA) is 20.3 Å². The van der Waals surface area contributed by atoms with Crippen LogP contribution in [0.25, 0.3) is 0 Å². The fraction of sp³-hybridized carbons (Fsp3) is 0.933. The lowest BCUT2D eigenvalue weighted by atomic mass is 9.86. The maximum absolute atomic E-state index is 12.2. The van der Waals surface area contributed by atoms with Gasteiger partial charge in [0.05, 0.1) is 0 Å². The monoisotopic (exact) mass is 271 g/mol. The van der Waals surface area contributed by atoms with Crippen LogP contribution in [0, 0.1) is 17.8 Å². The third kappa shape index (κ3) is 2.60. The number of rotatable bonds is 3. The van der Waals surface area contributed by atoms with Crippen LogP contribution in [-0.4, -0.2) is 30.3 Å².